The molecule has 1 heterocycles. The van der Waals surface area contributed by atoms with Crippen molar-refractivity contribution < 1.29 is 9.26 Å². The molecule has 0 aliphatic rings. The van der Waals surface area contributed by atoms with Gasteiger partial charge in [0, 0.05) is 5.41 Å². The summed E-state index contributed by atoms with van der Waals surface area (Å²) >= 11 is 6.01. The first-order valence-electron chi connectivity index (χ1n) is 6.05. The van der Waals surface area contributed by atoms with Crippen molar-refractivity contribution in [1.82, 2.24) is 10.1 Å². The Morgan fingerprint density at radius 3 is 2.70 bits per heavy atom. The first kappa shape index (κ1) is 14.4. The van der Waals surface area contributed by atoms with Crippen molar-refractivity contribution >= 4 is 11.6 Å². The zero-order valence-electron chi connectivity index (χ0n) is 11.5. The van der Waals surface area contributed by atoms with Crippen molar-refractivity contribution in [3.8, 4) is 11.8 Å². The molecule has 0 aliphatic heterocycles. The largest absolute Gasteiger partial charge is 0.482 e. The van der Waals surface area contributed by atoms with Crippen molar-refractivity contribution in [3.63, 3.8) is 0 Å². The van der Waals surface area contributed by atoms with E-state index >= 15 is 0 Å². The Morgan fingerprint density at radius 1 is 1.40 bits per heavy atom. The molecule has 0 saturated heterocycles. The van der Waals surface area contributed by atoms with Gasteiger partial charge in [0.2, 0.25) is 0 Å². The standard InChI is InChI=1S/C14H14ClN3O2/c1-14(2,3)13-17-12(20-18-13)8-19-11-5-4-9(7-16)6-10(11)15/h4-6H,8H2,1-3H3. The summed E-state index contributed by atoms with van der Waals surface area (Å²) in [6.07, 6.45) is 0. The van der Waals surface area contributed by atoms with Gasteiger partial charge in [0.05, 0.1) is 16.7 Å². The van der Waals surface area contributed by atoms with Gasteiger partial charge in [0.1, 0.15) is 5.75 Å². The molecule has 6 heteroatoms. The first-order valence-corrected chi connectivity index (χ1v) is 6.43. The van der Waals surface area contributed by atoms with Crippen LogP contribution in [0.3, 0.4) is 0 Å². The number of halogens is 1. The molecule has 0 saturated carbocycles. The maximum absolute atomic E-state index is 8.76. The van der Waals surface area contributed by atoms with Crippen molar-refractivity contribution in [3.05, 3.63) is 40.5 Å². The average molecular weight is 292 g/mol. The monoisotopic (exact) mass is 291 g/mol. The van der Waals surface area contributed by atoms with Crippen LogP contribution in [-0.4, -0.2) is 10.1 Å². The van der Waals surface area contributed by atoms with Crippen LogP contribution < -0.4 is 4.74 Å². The van der Waals surface area contributed by atoms with E-state index in [1.807, 2.05) is 26.8 Å². The van der Waals surface area contributed by atoms with Gasteiger partial charge in [0.15, 0.2) is 12.4 Å². The minimum absolute atomic E-state index is 0.134. The van der Waals surface area contributed by atoms with Crippen LogP contribution in [0.15, 0.2) is 22.7 Å². The Hall–Kier alpha value is -2.06. The molecule has 0 radical (unpaired) electrons. The summed E-state index contributed by atoms with van der Waals surface area (Å²) in [6, 6.07) is 6.83. The lowest BCUT2D eigenvalue weighted by Gasteiger charge is -2.10. The molecule has 0 amide bonds. The summed E-state index contributed by atoms with van der Waals surface area (Å²) in [7, 11) is 0. The summed E-state index contributed by atoms with van der Waals surface area (Å²) in [6.45, 7) is 6.13. The SMILES string of the molecule is CC(C)(C)c1noc(COc2ccc(C#N)cc2Cl)n1. The van der Waals surface area contributed by atoms with Gasteiger partial charge in [-0.2, -0.15) is 10.2 Å². The average Bonchev–Trinajstić information content (AvgIpc) is 2.86. The highest BCUT2D eigenvalue weighted by Crippen LogP contribution is 2.26. The van der Waals surface area contributed by atoms with E-state index < -0.39 is 0 Å². The molecule has 2 rings (SSSR count). The second-order valence-electron chi connectivity index (χ2n) is 5.31. The van der Waals surface area contributed by atoms with Crippen LogP contribution in [0, 0.1) is 11.3 Å². The third-order valence-electron chi connectivity index (χ3n) is 2.55. The fraction of sp³-hybridized carbons (Fsp3) is 0.357. The van der Waals surface area contributed by atoms with E-state index in [0.717, 1.165) is 0 Å². The number of nitrogens with zero attached hydrogens (tertiary/aromatic N) is 3. The molecule has 1 aromatic heterocycles. The molecule has 104 valence electrons. The van der Waals surface area contributed by atoms with E-state index in [2.05, 4.69) is 10.1 Å². The van der Waals surface area contributed by atoms with E-state index in [1.165, 1.54) is 0 Å². The predicted molar refractivity (Wildman–Crippen MR) is 73.5 cm³/mol. The maximum Gasteiger partial charge on any atom is 0.264 e. The normalized spacial score (nSPS) is 11.2. The number of hydrogen-bond acceptors (Lipinski definition) is 5. The minimum atomic E-state index is -0.173. The molecular formula is C14H14ClN3O2. The van der Waals surface area contributed by atoms with Crippen molar-refractivity contribution in [2.24, 2.45) is 0 Å². The highest BCUT2D eigenvalue weighted by atomic mass is 35.5. The van der Waals surface area contributed by atoms with Crippen molar-refractivity contribution in [2.75, 3.05) is 0 Å². The molecule has 5 nitrogen and oxygen atoms in total. The quantitative estimate of drug-likeness (QED) is 0.866. The van der Waals surface area contributed by atoms with E-state index in [0.29, 0.717) is 28.1 Å². The van der Waals surface area contributed by atoms with Crippen LogP contribution in [0.2, 0.25) is 5.02 Å². The topological polar surface area (TPSA) is 71.9 Å². The van der Waals surface area contributed by atoms with Gasteiger partial charge < -0.3 is 9.26 Å². The van der Waals surface area contributed by atoms with Gasteiger partial charge in [-0.15, -0.1) is 0 Å². The Kier molecular flexibility index (Phi) is 3.96. The van der Waals surface area contributed by atoms with E-state index in [9.17, 15) is 0 Å². The van der Waals surface area contributed by atoms with Gasteiger partial charge in [-0.1, -0.05) is 37.5 Å². The van der Waals surface area contributed by atoms with Crippen LogP contribution >= 0.6 is 11.6 Å². The molecule has 0 fully saturated rings. The Bertz CT molecular complexity index is 653. The number of ether oxygens (including phenoxy) is 1. The second-order valence-corrected chi connectivity index (χ2v) is 5.71. The molecule has 0 spiro atoms. The number of benzene rings is 1. The lowest BCUT2D eigenvalue weighted by molar-refractivity contribution is 0.242. The molecule has 0 bridgehead atoms. The van der Waals surface area contributed by atoms with Crippen LogP contribution in [0.1, 0.15) is 38.0 Å². The molecule has 0 N–H and O–H groups in total. The minimum Gasteiger partial charge on any atom is -0.482 e. The summed E-state index contributed by atoms with van der Waals surface area (Å²) in [5, 5.41) is 13.0. The van der Waals surface area contributed by atoms with Gasteiger partial charge >= 0.3 is 0 Å². The van der Waals surface area contributed by atoms with Crippen LogP contribution in [0.4, 0.5) is 0 Å². The Labute approximate surface area is 122 Å². The third kappa shape index (κ3) is 3.28. The number of nitriles is 1. The second kappa shape index (κ2) is 5.51. The zero-order chi connectivity index (χ0) is 14.8. The lowest BCUT2D eigenvalue weighted by Crippen LogP contribution is -2.13. The molecule has 0 aliphatic carbocycles. The molecule has 1 aromatic carbocycles. The molecule has 2 aromatic rings. The third-order valence-corrected chi connectivity index (χ3v) is 2.85. The molecule has 0 unspecified atom stereocenters. The van der Waals surface area contributed by atoms with E-state index in [-0.39, 0.29) is 12.0 Å². The predicted octanol–water partition coefficient (Wildman–Crippen LogP) is 3.47. The van der Waals surface area contributed by atoms with Crippen molar-refractivity contribution in [1.29, 1.82) is 5.26 Å². The highest BCUT2D eigenvalue weighted by Gasteiger charge is 2.21. The molecule has 0 atom stereocenters. The lowest BCUT2D eigenvalue weighted by atomic mass is 9.96. The highest BCUT2D eigenvalue weighted by molar-refractivity contribution is 6.32. The number of aromatic nitrogens is 2. The van der Waals surface area contributed by atoms with E-state index in [1.54, 1.807) is 18.2 Å². The molecule has 20 heavy (non-hydrogen) atoms. The van der Waals surface area contributed by atoms with Gasteiger partial charge in [0.25, 0.3) is 5.89 Å². The zero-order valence-corrected chi connectivity index (χ0v) is 12.2. The van der Waals surface area contributed by atoms with Gasteiger partial charge in [-0.3, -0.25) is 0 Å². The fourth-order valence-electron chi connectivity index (χ4n) is 1.45. The molecular weight excluding hydrogens is 278 g/mol. The Balaban J connectivity index is 2.06. The maximum atomic E-state index is 8.76. The van der Waals surface area contributed by atoms with Gasteiger partial charge in [-0.25, -0.2) is 0 Å². The summed E-state index contributed by atoms with van der Waals surface area (Å²) in [4.78, 5) is 4.26. The smallest absolute Gasteiger partial charge is 0.264 e. The van der Waals surface area contributed by atoms with Crippen LogP contribution in [-0.2, 0) is 12.0 Å². The first-order chi connectivity index (χ1) is 9.40. The van der Waals surface area contributed by atoms with Crippen LogP contribution in [0.25, 0.3) is 0 Å². The van der Waals surface area contributed by atoms with Crippen LogP contribution in [0.5, 0.6) is 5.75 Å². The summed E-state index contributed by atoms with van der Waals surface area (Å²) in [5.41, 5.74) is 0.309. The summed E-state index contributed by atoms with van der Waals surface area (Å²) in [5.74, 6) is 1.48. The Morgan fingerprint density at radius 2 is 2.15 bits per heavy atom. The summed E-state index contributed by atoms with van der Waals surface area (Å²) < 4.78 is 10.6. The number of hydrogen-bond donors (Lipinski definition) is 0. The number of rotatable bonds is 3. The van der Waals surface area contributed by atoms with Crippen molar-refractivity contribution in [2.45, 2.75) is 32.8 Å². The van der Waals surface area contributed by atoms with Gasteiger partial charge in [-0.05, 0) is 18.2 Å². The fourth-order valence-corrected chi connectivity index (χ4v) is 1.68. The van der Waals surface area contributed by atoms with E-state index in [4.69, 9.17) is 26.1 Å².